The summed E-state index contributed by atoms with van der Waals surface area (Å²) in [5, 5.41) is 10.9. The normalized spacial score (nSPS) is 37.8. The largest absolute Gasteiger partial charge is 0.475 e. The molecule has 174 valence electrons. The van der Waals surface area contributed by atoms with E-state index in [2.05, 4.69) is 0 Å². The van der Waals surface area contributed by atoms with E-state index in [9.17, 15) is 19.3 Å². The number of benzene rings is 1. The van der Waals surface area contributed by atoms with Crippen molar-refractivity contribution in [2.24, 2.45) is 0 Å². The van der Waals surface area contributed by atoms with Crippen molar-refractivity contribution >= 4 is 31.1 Å². The fourth-order valence-electron chi connectivity index (χ4n) is 3.78. The lowest BCUT2D eigenvalue weighted by Crippen LogP contribution is -2.51. The van der Waals surface area contributed by atoms with Gasteiger partial charge in [0, 0.05) is 17.6 Å². The number of ether oxygens (including phenoxy) is 1. The number of alkyl halides is 1. The molecule has 1 N–H and O–H groups in total. The maximum absolute atomic E-state index is 15.3. The first-order chi connectivity index (χ1) is 15.1. The number of carbonyl (C=O) groups excluding carboxylic acids is 2. The molecule has 0 aromatic heterocycles. The number of phosphoric acid groups is 1. The van der Waals surface area contributed by atoms with Crippen LogP contribution in [0.3, 0.4) is 0 Å². The van der Waals surface area contributed by atoms with E-state index >= 15 is 4.39 Å². The van der Waals surface area contributed by atoms with E-state index in [1.54, 1.807) is 24.3 Å². The molecular weight excluding hydrogens is 468 g/mol. The van der Waals surface area contributed by atoms with Gasteiger partial charge >= 0.3 is 7.82 Å². The van der Waals surface area contributed by atoms with E-state index in [0.29, 0.717) is 17.0 Å². The number of carbonyl (C=O) groups is 2. The molecule has 2 fully saturated rings. The van der Waals surface area contributed by atoms with Gasteiger partial charge in [-0.2, -0.15) is 0 Å². The maximum Gasteiger partial charge on any atom is 0.475 e. The van der Waals surface area contributed by atoms with E-state index in [-0.39, 0.29) is 6.61 Å². The number of allylic oxidation sites excluding steroid dienone is 1. The number of phosphoric ester groups is 1. The fourth-order valence-corrected chi connectivity index (χ4v) is 5.37. The van der Waals surface area contributed by atoms with Gasteiger partial charge in [0.25, 0.3) is 0 Å². The molecule has 1 amide bonds. The summed E-state index contributed by atoms with van der Waals surface area (Å²) in [7, 11) is -4.04. The van der Waals surface area contributed by atoms with Crippen LogP contribution in [0.2, 0.25) is 5.02 Å². The predicted octanol–water partition coefficient (Wildman–Crippen LogP) is 3.07. The highest BCUT2D eigenvalue weighted by Crippen LogP contribution is 2.57. The standard InChI is InChI=1S/C20H22ClFNO8P/c1-20(22)18(26)16(30-19(20)23-7-5-14(24)10-17(23)25)11-29-32(27)28-8-6-15(31-32)12-3-2-4-13(21)9-12/h2-5,7,9,15-16,18-19,26H,6,8,10-11H2,1H3/t15-,16-,18-,19-,20-,32?/m1/s1. The first-order valence-corrected chi connectivity index (χ1v) is 11.8. The van der Waals surface area contributed by atoms with Crippen LogP contribution in [0.1, 0.15) is 31.4 Å². The Balaban J connectivity index is 1.43. The Bertz CT molecular complexity index is 988. The third kappa shape index (κ3) is 4.68. The first kappa shape index (κ1) is 23.5. The molecule has 0 saturated carbocycles. The number of nitrogens with zero attached hydrogens (tertiary/aromatic N) is 1. The Morgan fingerprint density at radius 3 is 2.91 bits per heavy atom. The van der Waals surface area contributed by atoms with Crippen LogP contribution in [0.15, 0.2) is 36.5 Å². The average Bonchev–Trinajstić information content (AvgIpc) is 2.96. The molecule has 3 heterocycles. The molecule has 4 rings (SSSR count). The van der Waals surface area contributed by atoms with Crippen LogP contribution in [-0.4, -0.2) is 59.0 Å². The first-order valence-electron chi connectivity index (χ1n) is 9.97. The summed E-state index contributed by atoms with van der Waals surface area (Å²) in [5.74, 6) is -1.07. The maximum atomic E-state index is 15.3. The van der Waals surface area contributed by atoms with Crippen LogP contribution >= 0.6 is 19.4 Å². The predicted molar refractivity (Wildman–Crippen MR) is 109 cm³/mol. The third-order valence-electron chi connectivity index (χ3n) is 5.51. The summed E-state index contributed by atoms with van der Waals surface area (Å²) in [4.78, 5) is 24.5. The topological polar surface area (TPSA) is 112 Å². The minimum Gasteiger partial charge on any atom is -0.387 e. The zero-order valence-corrected chi connectivity index (χ0v) is 18.7. The summed E-state index contributed by atoms with van der Waals surface area (Å²) in [5.41, 5.74) is -1.68. The Morgan fingerprint density at radius 1 is 1.41 bits per heavy atom. The highest BCUT2D eigenvalue weighted by Gasteiger charge is 2.57. The Morgan fingerprint density at radius 2 is 2.19 bits per heavy atom. The monoisotopic (exact) mass is 489 g/mol. The van der Waals surface area contributed by atoms with Gasteiger partial charge in [-0.05, 0) is 30.7 Å². The molecule has 32 heavy (non-hydrogen) atoms. The van der Waals surface area contributed by atoms with Gasteiger partial charge in [-0.15, -0.1) is 0 Å². The highest BCUT2D eigenvalue weighted by atomic mass is 35.5. The molecule has 6 atom stereocenters. The van der Waals surface area contributed by atoms with Crippen molar-refractivity contribution in [2.45, 2.75) is 50.0 Å². The summed E-state index contributed by atoms with van der Waals surface area (Å²) < 4.78 is 49.8. The molecule has 2 saturated heterocycles. The van der Waals surface area contributed by atoms with Gasteiger partial charge in [0.2, 0.25) is 5.91 Å². The molecule has 0 spiro atoms. The van der Waals surface area contributed by atoms with E-state index < -0.39 is 62.7 Å². The Kier molecular flexibility index (Phi) is 6.57. The SMILES string of the molecule is C[C@@]1(F)[C@H](O)[C@@H](COP2(=O)OCC[C@H](c3cccc(Cl)c3)O2)O[C@H]1N1C=CC(=O)CC1=O. The van der Waals surface area contributed by atoms with Crippen LogP contribution in [0, 0.1) is 0 Å². The summed E-state index contributed by atoms with van der Waals surface area (Å²) in [6.07, 6.45) is -2.79. The van der Waals surface area contributed by atoms with E-state index in [4.69, 9.17) is 29.9 Å². The number of aliphatic hydroxyl groups excluding tert-OH is 1. The minimum atomic E-state index is -4.04. The minimum absolute atomic E-state index is 0.0904. The molecule has 1 aromatic rings. The number of halogens is 2. The number of hydrogen-bond donors (Lipinski definition) is 1. The molecule has 0 bridgehead atoms. The molecule has 1 unspecified atom stereocenters. The zero-order chi connectivity index (χ0) is 23.1. The van der Waals surface area contributed by atoms with E-state index in [0.717, 1.165) is 24.1 Å². The lowest BCUT2D eigenvalue weighted by molar-refractivity contribution is -0.151. The van der Waals surface area contributed by atoms with Crippen molar-refractivity contribution in [3.8, 4) is 0 Å². The number of rotatable bonds is 5. The van der Waals surface area contributed by atoms with Gasteiger partial charge in [0.1, 0.15) is 12.2 Å². The second-order valence-corrected chi connectivity index (χ2v) is 9.95. The Hall–Kier alpha value is -1.65. The van der Waals surface area contributed by atoms with Gasteiger partial charge in [0.15, 0.2) is 17.7 Å². The van der Waals surface area contributed by atoms with Crippen LogP contribution in [-0.2, 0) is 32.5 Å². The third-order valence-corrected chi connectivity index (χ3v) is 7.22. The van der Waals surface area contributed by atoms with Gasteiger partial charge in [-0.1, -0.05) is 23.7 Å². The lowest BCUT2D eigenvalue weighted by atomic mass is 9.97. The zero-order valence-electron chi connectivity index (χ0n) is 17.1. The second-order valence-electron chi connectivity index (χ2n) is 7.90. The lowest BCUT2D eigenvalue weighted by Gasteiger charge is -2.32. The van der Waals surface area contributed by atoms with Crippen molar-refractivity contribution in [1.82, 2.24) is 4.90 Å². The molecule has 3 aliphatic heterocycles. The fraction of sp³-hybridized carbons (Fsp3) is 0.500. The van der Waals surface area contributed by atoms with Crippen molar-refractivity contribution in [3.05, 3.63) is 47.1 Å². The second kappa shape index (κ2) is 8.95. The molecule has 12 heteroatoms. The molecule has 0 radical (unpaired) electrons. The van der Waals surface area contributed by atoms with Gasteiger partial charge in [-0.25, -0.2) is 8.96 Å². The smallest absolute Gasteiger partial charge is 0.387 e. The number of hydrogen-bond acceptors (Lipinski definition) is 8. The summed E-state index contributed by atoms with van der Waals surface area (Å²) >= 11 is 6.00. The number of aliphatic hydroxyl groups is 1. The van der Waals surface area contributed by atoms with Gasteiger partial charge in [0.05, 0.1) is 25.7 Å². The molecule has 0 aliphatic carbocycles. The van der Waals surface area contributed by atoms with Crippen molar-refractivity contribution in [1.29, 1.82) is 0 Å². The molecule has 9 nitrogen and oxygen atoms in total. The number of amides is 1. The van der Waals surface area contributed by atoms with Gasteiger partial charge < -0.3 is 9.84 Å². The summed E-state index contributed by atoms with van der Waals surface area (Å²) in [6, 6.07) is 6.88. The number of ketones is 1. The van der Waals surface area contributed by atoms with Crippen molar-refractivity contribution in [3.63, 3.8) is 0 Å². The Labute approximate surface area is 188 Å². The average molecular weight is 490 g/mol. The molecule has 3 aliphatic rings. The van der Waals surface area contributed by atoms with Crippen LogP contribution in [0.25, 0.3) is 0 Å². The summed E-state index contributed by atoms with van der Waals surface area (Å²) in [6.45, 7) is 0.652. The van der Waals surface area contributed by atoms with Crippen LogP contribution < -0.4 is 0 Å². The highest BCUT2D eigenvalue weighted by molar-refractivity contribution is 7.48. The van der Waals surface area contributed by atoms with Crippen LogP contribution in [0.4, 0.5) is 4.39 Å². The molecule has 1 aromatic carbocycles. The van der Waals surface area contributed by atoms with Crippen LogP contribution in [0.5, 0.6) is 0 Å². The van der Waals surface area contributed by atoms with Crippen molar-refractivity contribution < 1.29 is 42.0 Å². The van der Waals surface area contributed by atoms with E-state index in [1.165, 1.54) is 0 Å². The van der Waals surface area contributed by atoms with Gasteiger partial charge in [-0.3, -0.25) is 28.1 Å². The quantitative estimate of drug-likeness (QED) is 0.496. The van der Waals surface area contributed by atoms with Crippen molar-refractivity contribution in [2.75, 3.05) is 13.2 Å². The van der Waals surface area contributed by atoms with E-state index in [1.807, 2.05) is 0 Å². The molecular formula is C20H22ClFNO8P.